The van der Waals surface area contributed by atoms with Crippen molar-refractivity contribution in [1.82, 2.24) is 4.37 Å². The molecule has 0 aliphatic rings. The molecule has 4 heteroatoms. The Balaban J connectivity index is 2.59. The van der Waals surface area contributed by atoms with E-state index in [4.69, 9.17) is 4.74 Å². The molecular formula is C12H11NO2S. The maximum atomic E-state index is 10.9. The van der Waals surface area contributed by atoms with Gasteiger partial charge in [-0.1, -0.05) is 6.07 Å². The first kappa shape index (κ1) is 10.8. The topological polar surface area (TPSA) is 39.2 Å². The number of hydrogen-bond donors (Lipinski definition) is 0. The molecule has 3 nitrogen and oxygen atoms in total. The van der Waals surface area contributed by atoms with Crippen molar-refractivity contribution in [1.29, 1.82) is 0 Å². The molecule has 0 fully saturated rings. The Kier molecular flexibility index (Phi) is 3.01. The molecule has 0 amide bonds. The van der Waals surface area contributed by atoms with Crippen LogP contribution in [-0.2, 0) is 0 Å². The number of methoxy groups -OCH3 is 1. The van der Waals surface area contributed by atoms with E-state index in [0.29, 0.717) is 5.56 Å². The summed E-state index contributed by atoms with van der Waals surface area (Å²) in [5.74, 6) is 0.771. The van der Waals surface area contributed by atoms with E-state index < -0.39 is 0 Å². The highest BCUT2D eigenvalue weighted by Crippen LogP contribution is 2.34. The lowest BCUT2D eigenvalue weighted by Crippen LogP contribution is -1.89. The van der Waals surface area contributed by atoms with Crippen molar-refractivity contribution in [3.63, 3.8) is 0 Å². The van der Waals surface area contributed by atoms with Crippen LogP contribution in [0.25, 0.3) is 10.4 Å². The van der Waals surface area contributed by atoms with Crippen LogP contribution in [0.15, 0.2) is 24.4 Å². The van der Waals surface area contributed by atoms with Gasteiger partial charge in [-0.15, -0.1) is 0 Å². The number of carbonyl (C=O) groups excluding carboxylic acids is 1. The zero-order valence-corrected chi connectivity index (χ0v) is 9.88. The van der Waals surface area contributed by atoms with E-state index in [1.54, 1.807) is 13.3 Å². The van der Waals surface area contributed by atoms with Crippen LogP contribution in [0.4, 0.5) is 0 Å². The first-order valence-corrected chi connectivity index (χ1v) is 5.58. The van der Waals surface area contributed by atoms with Gasteiger partial charge in [0.2, 0.25) is 0 Å². The molecule has 2 rings (SSSR count). The Bertz CT molecular complexity index is 519. The molecule has 0 unspecified atom stereocenters. The number of rotatable bonds is 3. The van der Waals surface area contributed by atoms with Gasteiger partial charge in [0.25, 0.3) is 0 Å². The van der Waals surface area contributed by atoms with Crippen molar-refractivity contribution < 1.29 is 9.53 Å². The van der Waals surface area contributed by atoms with Crippen LogP contribution in [0.1, 0.15) is 15.9 Å². The standard InChI is InChI=1S/C12H11NO2S/c1-8-3-4-10(11(5-8)15-2)12-9(7-14)6-13-16-12/h3-7H,1-2H3. The minimum Gasteiger partial charge on any atom is -0.496 e. The van der Waals surface area contributed by atoms with Gasteiger partial charge in [0.15, 0.2) is 6.29 Å². The normalized spacial score (nSPS) is 10.1. The zero-order chi connectivity index (χ0) is 11.5. The molecule has 1 aromatic heterocycles. The second kappa shape index (κ2) is 4.45. The first-order valence-electron chi connectivity index (χ1n) is 4.81. The average Bonchev–Trinajstić information content (AvgIpc) is 2.76. The lowest BCUT2D eigenvalue weighted by atomic mass is 10.1. The zero-order valence-electron chi connectivity index (χ0n) is 9.06. The van der Waals surface area contributed by atoms with E-state index >= 15 is 0 Å². The molecule has 82 valence electrons. The molecular weight excluding hydrogens is 222 g/mol. The van der Waals surface area contributed by atoms with E-state index in [2.05, 4.69) is 4.37 Å². The number of benzene rings is 1. The highest BCUT2D eigenvalue weighted by Gasteiger charge is 2.12. The van der Waals surface area contributed by atoms with Gasteiger partial charge >= 0.3 is 0 Å². The molecule has 0 aliphatic carbocycles. The van der Waals surface area contributed by atoms with Crippen molar-refractivity contribution >= 4 is 17.8 Å². The molecule has 0 spiro atoms. The number of ether oxygens (including phenoxy) is 1. The second-order valence-corrected chi connectivity index (χ2v) is 4.23. The highest BCUT2D eigenvalue weighted by molar-refractivity contribution is 7.10. The van der Waals surface area contributed by atoms with Crippen LogP contribution >= 0.6 is 11.5 Å². The molecule has 0 N–H and O–H groups in total. The van der Waals surface area contributed by atoms with E-state index in [1.807, 2.05) is 25.1 Å². The molecule has 0 saturated heterocycles. The molecule has 1 heterocycles. The van der Waals surface area contributed by atoms with Crippen LogP contribution in [-0.4, -0.2) is 17.8 Å². The van der Waals surface area contributed by atoms with Gasteiger partial charge < -0.3 is 4.74 Å². The summed E-state index contributed by atoms with van der Waals surface area (Å²) in [6.07, 6.45) is 2.39. The highest BCUT2D eigenvalue weighted by atomic mass is 32.1. The fourth-order valence-corrected chi connectivity index (χ4v) is 2.27. The second-order valence-electron chi connectivity index (χ2n) is 3.43. The summed E-state index contributed by atoms with van der Waals surface area (Å²) in [6.45, 7) is 2.00. The van der Waals surface area contributed by atoms with E-state index in [0.717, 1.165) is 28.0 Å². The van der Waals surface area contributed by atoms with Gasteiger partial charge in [0.05, 0.1) is 23.7 Å². The monoisotopic (exact) mass is 233 g/mol. The number of aldehydes is 1. The summed E-state index contributed by atoms with van der Waals surface area (Å²) < 4.78 is 9.33. The Hall–Kier alpha value is -1.68. The van der Waals surface area contributed by atoms with Gasteiger partial charge in [0, 0.05) is 5.56 Å². The molecule has 1 aromatic carbocycles. The SMILES string of the molecule is COc1cc(C)ccc1-c1sncc1C=O. The number of carbonyl (C=O) groups is 1. The maximum Gasteiger partial charge on any atom is 0.153 e. The smallest absolute Gasteiger partial charge is 0.153 e. The Morgan fingerprint density at radius 3 is 2.94 bits per heavy atom. The minimum absolute atomic E-state index is 0.604. The lowest BCUT2D eigenvalue weighted by Gasteiger charge is -2.07. The van der Waals surface area contributed by atoms with Crippen molar-refractivity contribution in [2.45, 2.75) is 6.92 Å². The summed E-state index contributed by atoms with van der Waals surface area (Å²) in [7, 11) is 1.62. The third kappa shape index (κ3) is 1.84. The molecule has 0 saturated carbocycles. The summed E-state index contributed by atoms with van der Waals surface area (Å²) in [5, 5.41) is 0. The summed E-state index contributed by atoms with van der Waals surface area (Å²) in [5.41, 5.74) is 2.64. The molecule has 0 radical (unpaired) electrons. The van der Waals surface area contributed by atoms with Gasteiger partial charge in [-0.05, 0) is 36.2 Å². The Morgan fingerprint density at radius 2 is 2.25 bits per heavy atom. The number of aromatic nitrogens is 1. The van der Waals surface area contributed by atoms with Gasteiger partial charge in [-0.25, -0.2) is 0 Å². The third-order valence-corrected chi connectivity index (χ3v) is 3.18. The van der Waals surface area contributed by atoms with Crippen LogP contribution < -0.4 is 4.74 Å². The van der Waals surface area contributed by atoms with Crippen LogP contribution in [0.2, 0.25) is 0 Å². The molecule has 0 bridgehead atoms. The van der Waals surface area contributed by atoms with Gasteiger partial charge in [-0.2, -0.15) is 4.37 Å². The number of aryl methyl sites for hydroxylation is 1. The molecule has 0 atom stereocenters. The third-order valence-electron chi connectivity index (χ3n) is 2.33. The predicted octanol–water partition coefficient (Wildman–Crippen LogP) is 2.94. The van der Waals surface area contributed by atoms with Crippen LogP contribution in [0.3, 0.4) is 0 Å². The van der Waals surface area contributed by atoms with E-state index in [1.165, 1.54) is 11.5 Å². The maximum absolute atomic E-state index is 10.9. The Labute approximate surface area is 97.9 Å². The first-order chi connectivity index (χ1) is 7.76. The fourth-order valence-electron chi connectivity index (χ4n) is 1.52. The molecule has 2 aromatic rings. The van der Waals surface area contributed by atoms with Crippen molar-refractivity contribution in [2.75, 3.05) is 7.11 Å². The molecule has 16 heavy (non-hydrogen) atoms. The summed E-state index contributed by atoms with van der Waals surface area (Å²) in [6, 6.07) is 5.89. The fraction of sp³-hybridized carbons (Fsp3) is 0.167. The summed E-state index contributed by atoms with van der Waals surface area (Å²) in [4.78, 5) is 11.7. The van der Waals surface area contributed by atoms with Crippen LogP contribution in [0, 0.1) is 6.92 Å². The quantitative estimate of drug-likeness (QED) is 0.765. The average molecular weight is 233 g/mol. The van der Waals surface area contributed by atoms with Crippen molar-refractivity contribution in [3.05, 3.63) is 35.5 Å². The van der Waals surface area contributed by atoms with E-state index in [-0.39, 0.29) is 0 Å². The van der Waals surface area contributed by atoms with Gasteiger partial charge in [-0.3, -0.25) is 4.79 Å². The predicted molar refractivity (Wildman–Crippen MR) is 64.2 cm³/mol. The minimum atomic E-state index is 0.604. The Morgan fingerprint density at radius 1 is 1.44 bits per heavy atom. The van der Waals surface area contributed by atoms with Crippen molar-refractivity contribution in [2.24, 2.45) is 0 Å². The molecule has 0 aliphatic heterocycles. The summed E-state index contributed by atoms with van der Waals surface area (Å²) >= 11 is 1.30. The van der Waals surface area contributed by atoms with Crippen molar-refractivity contribution in [3.8, 4) is 16.2 Å². The van der Waals surface area contributed by atoms with Gasteiger partial charge in [0.1, 0.15) is 5.75 Å². The van der Waals surface area contributed by atoms with E-state index in [9.17, 15) is 4.79 Å². The largest absolute Gasteiger partial charge is 0.496 e. The number of hydrogen-bond acceptors (Lipinski definition) is 4. The lowest BCUT2D eigenvalue weighted by molar-refractivity contribution is 0.112. The van der Waals surface area contributed by atoms with Crippen LogP contribution in [0.5, 0.6) is 5.75 Å². The number of nitrogens with zero attached hydrogens (tertiary/aromatic N) is 1.